The molecule has 3 N–H and O–H groups in total. The van der Waals surface area contributed by atoms with Crippen LogP contribution < -0.4 is 16.2 Å². The highest BCUT2D eigenvalue weighted by molar-refractivity contribution is 5.39. The van der Waals surface area contributed by atoms with Crippen LogP contribution in [0.15, 0.2) is 35.1 Å². The predicted molar refractivity (Wildman–Crippen MR) is 83.3 cm³/mol. The minimum Gasteiger partial charge on any atom is -0.355 e. The molecule has 0 saturated heterocycles. The largest absolute Gasteiger partial charge is 0.355 e. The third-order valence-corrected chi connectivity index (χ3v) is 3.75. The molecule has 1 aromatic heterocycles. The standard InChI is InChI=1S/C16H20N4O/c1-20(10-12-4-2-3-11(7-12)9-17)14-8-15(21)19-16(18-14)13-5-6-13/h2-4,7-8,13H,5-6,9-10,17H2,1H3,(H,18,19,21). The fourth-order valence-corrected chi connectivity index (χ4v) is 2.42. The lowest BCUT2D eigenvalue weighted by Crippen LogP contribution is -2.22. The van der Waals surface area contributed by atoms with E-state index in [0.717, 1.165) is 35.6 Å². The van der Waals surface area contributed by atoms with Gasteiger partial charge in [-0.2, -0.15) is 0 Å². The zero-order chi connectivity index (χ0) is 14.8. The molecule has 0 bridgehead atoms. The minimum atomic E-state index is -0.0792. The van der Waals surface area contributed by atoms with Crippen molar-refractivity contribution >= 4 is 5.82 Å². The van der Waals surface area contributed by atoms with Crippen molar-refractivity contribution in [1.29, 1.82) is 0 Å². The van der Waals surface area contributed by atoms with Gasteiger partial charge in [-0.3, -0.25) is 4.79 Å². The molecule has 1 fully saturated rings. The van der Waals surface area contributed by atoms with Crippen LogP contribution in [-0.2, 0) is 13.1 Å². The monoisotopic (exact) mass is 284 g/mol. The summed E-state index contributed by atoms with van der Waals surface area (Å²) >= 11 is 0. The molecule has 1 aliphatic carbocycles. The summed E-state index contributed by atoms with van der Waals surface area (Å²) < 4.78 is 0. The number of benzene rings is 1. The summed E-state index contributed by atoms with van der Waals surface area (Å²) in [6.07, 6.45) is 2.24. The van der Waals surface area contributed by atoms with E-state index in [-0.39, 0.29) is 5.56 Å². The molecule has 1 saturated carbocycles. The van der Waals surface area contributed by atoms with E-state index in [1.165, 1.54) is 0 Å². The highest BCUT2D eigenvalue weighted by atomic mass is 16.1. The van der Waals surface area contributed by atoms with Gasteiger partial charge in [0.05, 0.1) is 0 Å². The molecule has 1 aliphatic rings. The van der Waals surface area contributed by atoms with Gasteiger partial charge in [0.15, 0.2) is 0 Å². The number of H-pyrrole nitrogens is 1. The lowest BCUT2D eigenvalue weighted by Gasteiger charge is -2.19. The first kappa shape index (κ1) is 13.8. The van der Waals surface area contributed by atoms with Crippen molar-refractivity contribution in [3.8, 4) is 0 Å². The first-order chi connectivity index (χ1) is 10.2. The molecule has 1 aromatic carbocycles. The predicted octanol–water partition coefficient (Wildman–Crippen LogP) is 1.74. The summed E-state index contributed by atoms with van der Waals surface area (Å²) in [5.41, 5.74) is 7.86. The Hall–Kier alpha value is -2.14. The average molecular weight is 284 g/mol. The molecule has 0 atom stereocenters. The Kier molecular flexibility index (Phi) is 3.75. The molecule has 5 nitrogen and oxygen atoms in total. The smallest absolute Gasteiger partial charge is 0.252 e. The Morgan fingerprint density at radius 1 is 1.33 bits per heavy atom. The molecule has 3 rings (SSSR count). The topological polar surface area (TPSA) is 75.0 Å². The SMILES string of the molecule is CN(Cc1cccc(CN)c1)c1cc(=O)[nH]c(C2CC2)n1. The average Bonchev–Trinajstić information content (AvgIpc) is 3.31. The van der Waals surface area contributed by atoms with Gasteiger partial charge in [-0.1, -0.05) is 24.3 Å². The number of aromatic nitrogens is 2. The van der Waals surface area contributed by atoms with Crippen LogP contribution in [0.4, 0.5) is 5.82 Å². The van der Waals surface area contributed by atoms with E-state index < -0.39 is 0 Å². The van der Waals surface area contributed by atoms with Gasteiger partial charge in [0.1, 0.15) is 11.6 Å². The van der Waals surface area contributed by atoms with Gasteiger partial charge in [-0.25, -0.2) is 4.98 Å². The van der Waals surface area contributed by atoms with Crippen LogP contribution >= 0.6 is 0 Å². The number of hydrogen-bond donors (Lipinski definition) is 2. The van der Waals surface area contributed by atoms with E-state index in [4.69, 9.17) is 5.73 Å². The third-order valence-electron chi connectivity index (χ3n) is 3.75. The normalized spacial score (nSPS) is 14.2. The maximum atomic E-state index is 11.8. The molecule has 0 aliphatic heterocycles. The Morgan fingerprint density at radius 2 is 2.10 bits per heavy atom. The number of nitrogens with one attached hydrogen (secondary N) is 1. The minimum absolute atomic E-state index is 0.0792. The van der Waals surface area contributed by atoms with Crippen molar-refractivity contribution < 1.29 is 0 Å². The second-order valence-corrected chi connectivity index (χ2v) is 5.64. The summed E-state index contributed by atoms with van der Waals surface area (Å²) in [5, 5.41) is 0. The van der Waals surface area contributed by atoms with Gasteiger partial charge < -0.3 is 15.6 Å². The van der Waals surface area contributed by atoms with E-state index in [2.05, 4.69) is 22.1 Å². The molecule has 0 amide bonds. The molecule has 5 heteroatoms. The summed E-state index contributed by atoms with van der Waals surface area (Å²) in [6.45, 7) is 1.24. The molecule has 0 unspecified atom stereocenters. The van der Waals surface area contributed by atoms with Crippen LogP contribution in [0.3, 0.4) is 0 Å². The Balaban J connectivity index is 1.81. The molecule has 21 heavy (non-hydrogen) atoms. The van der Waals surface area contributed by atoms with Crippen LogP contribution in [0, 0.1) is 0 Å². The second kappa shape index (κ2) is 5.69. The van der Waals surface area contributed by atoms with Crippen molar-refractivity contribution in [2.45, 2.75) is 31.8 Å². The fourth-order valence-electron chi connectivity index (χ4n) is 2.42. The maximum absolute atomic E-state index is 11.8. The first-order valence-corrected chi connectivity index (χ1v) is 7.26. The van der Waals surface area contributed by atoms with Crippen molar-refractivity contribution in [3.63, 3.8) is 0 Å². The Bertz CT molecular complexity index is 691. The van der Waals surface area contributed by atoms with E-state index >= 15 is 0 Å². The van der Waals surface area contributed by atoms with Crippen molar-refractivity contribution in [1.82, 2.24) is 9.97 Å². The van der Waals surface area contributed by atoms with Crippen LogP contribution in [0.5, 0.6) is 0 Å². The first-order valence-electron chi connectivity index (χ1n) is 7.26. The maximum Gasteiger partial charge on any atom is 0.252 e. The molecular formula is C16H20N4O. The lowest BCUT2D eigenvalue weighted by atomic mass is 10.1. The molecule has 0 radical (unpaired) electrons. The van der Waals surface area contributed by atoms with Crippen molar-refractivity contribution in [3.05, 3.63) is 57.6 Å². The van der Waals surface area contributed by atoms with Crippen LogP contribution in [0.25, 0.3) is 0 Å². The summed E-state index contributed by atoms with van der Waals surface area (Å²) in [7, 11) is 1.95. The Labute approximate surface area is 123 Å². The number of aromatic amines is 1. The number of rotatable bonds is 5. The van der Waals surface area contributed by atoms with E-state index in [9.17, 15) is 4.79 Å². The van der Waals surface area contributed by atoms with Gasteiger partial charge in [-0.05, 0) is 24.0 Å². The van der Waals surface area contributed by atoms with Gasteiger partial charge in [0, 0.05) is 32.1 Å². The molecule has 1 heterocycles. The van der Waals surface area contributed by atoms with E-state index in [1.807, 2.05) is 24.1 Å². The number of anilines is 1. The van der Waals surface area contributed by atoms with Gasteiger partial charge >= 0.3 is 0 Å². The summed E-state index contributed by atoms with van der Waals surface area (Å²) in [4.78, 5) is 21.2. The second-order valence-electron chi connectivity index (χ2n) is 5.64. The molecule has 0 spiro atoms. The van der Waals surface area contributed by atoms with Gasteiger partial charge in [-0.15, -0.1) is 0 Å². The zero-order valence-electron chi connectivity index (χ0n) is 12.2. The summed E-state index contributed by atoms with van der Waals surface area (Å²) in [6, 6.07) is 9.72. The fraction of sp³-hybridized carbons (Fsp3) is 0.375. The molecular weight excluding hydrogens is 264 g/mol. The lowest BCUT2D eigenvalue weighted by molar-refractivity contribution is 0.843. The van der Waals surface area contributed by atoms with Crippen LogP contribution in [0.1, 0.15) is 35.7 Å². The van der Waals surface area contributed by atoms with Gasteiger partial charge in [0.2, 0.25) is 0 Å². The van der Waals surface area contributed by atoms with Gasteiger partial charge in [0.25, 0.3) is 5.56 Å². The number of nitrogens with two attached hydrogens (primary N) is 1. The molecule has 2 aromatic rings. The Morgan fingerprint density at radius 3 is 2.81 bits per heavy atom. The van der Waals surface area contributed by atoms with Crippen LogP contribution in [0.2, 0.25) is 0 Å². The van der Waals surface area contributed by atoms with E-state index in [0.29, 0.717) is 19.0 Å². The number of nitrogens with zero attached hydrogens (tertiary/aromatic N) is 2. The zero-order valence-corrected chi connectivity index (χ0v) is 12.2. The number of hydrogen-bond acceptors (Lipinski definition) is 4. The highest BCUT2D eigenvalue weighted by Gasteiger charge is 2.26. The third kappa shape index (κ3) is 3.31. The highest BCUT2D eigenvalue weighted by Crippen LogP contribution is 2.37. The van der Waals surface area contributed by atoms with E-state index in [1.54, 1.807) is 6.07 Å². The van der Waals surface area contributed by atoms with Crippen LogP contribution in [-0.4, -0.2) is 17.0 Å². The quantitative estimate of drug-likeness (QED) is 0.877. The van der Waals surface area contributed by atoms with Crippen molar-refractivity contribution in [2.75, 3.05) is 11.9 Å². The van der Waals surface area contributed by atoms with Crippen molar-refractivity contribution in [2.24, 2.45) is 5.73 Å². The summed E-state index contributed by atoms with van der Waals surface area (Å²) in [5.74, 6) is 1.98. The molecule has 110 valence electrons.